The van der Waals surface area contributed by atoms with E-state index < -0.39 is 0 Å². The lowest BCUT2D eigenvalue weighted by Gasteiger charge is -2.35. The van der Waals surface area contributed by atoms with Gasteiger partial charge in [-0.15, -0.1) is 11.3 Å². The Hall–Kier alpha value is -1.28. The standard InChI is InChI=1S/C20H28N4O2S/c21-18-17-14-3-1-2-4-15(14)27-19(17)23-16(22-18)13-24-8-5-20(26-12-9-24)6-10-25-11-7-20/h1-13H2,(H2,21,22,23). The van der Waals surface area contributed by atoms with E-state index in [0.717, 1.165) is 81.2 Å². The van der Waals surface area contributed by atoms with E-state index in [1.165, 1.54) is 29.7 Å². The summed E-state index contributed by atoms with van der Waals surface area (Å²) in [5.41, 5.74) is 7.80. The van der Waals surface area contributed by atoms with Crippen LogP contribution in [0.15, 0.2) is 0 Å². The Morgan fingerprint density at radius 2 is 1.89 bits per heavy atom. The van der Waals surface area contributed by atoms with Crippen LogP contribution in [-0.2, 0) is 28.9 Å². The van der Waals surface area contributed by atoms with Crippen LogP contribution >= 0.6 is 11.3 Å². The molecule has 1 aliphatic carbocycles. The molecule has 0 bridgehead atoms. The third kappa shape index (κ3) is 3.46. The van der Waals surface area contributed by atoms with Gasteiger partial charge in [0.05, 0.1) is 24.1 Å². The van der Waals surface area contributed by atoms with Gasteiger partial charge in [-0.25, -0.2) is 9.97 Å². The molecule has 2 aromatic heterocycles. The molecule has 0 unspecified atom stereocenters. The fraction of sp³-hybridized carbons (Fsp3) is 0.700. The van der Waals surface area contributed by atoms with Gasteiger partial charge in [-0.3, -0.25) is 4.90 Å². The van der Waals surface area contributed by atoms with E-state index in [1.807, 2.05) is 11.3 Å². The Morgan fingerprint density at radius 3 is 2.78 bits per heavy atom. The van der Waals surface area contributed by atoms with Crippen LogP contribution in [0.1, 0.15) is 48.4 Å². The van der Waals surface area contributed by atoms with Gasteiger partial charge in [0, 0.05) is 31.2 Å². The average molecular weight is 389 g/mol. The Bertz CT molecular complexity index is 831. The summed E-state index contributed by atoms with van der Waals surface area (Å²) in [5, 5.41) is 1.12. The van der Waals surface area contributed by atoms with Gasteiger partial charge in [-0.05, 0) is 50.5 Å². The highest BCUT2D eigenvalue weighted by Gasteiger charge is 2.35. The molecule has 27 heavy (non-hydrogen) atoms. The van der Waals surface area contributed by atoms with Gasteiger partial charge in [-0.1, -0.05) is 0 Å². The normalized spacial score (nSPS) is 23.4. The first-order chi connectivity index (χ1) is 13.2. The zero-order chi connectivity index (χ0) is 18.3. The first-order valence-electron chi connectivity index (χ1n) is 10.2. The minimum atomic E-state index is 0.0175. The van der Waals surface area contributed by atoms with Gasteiger partial charge in [0.15, 0.2) is 0 Å². The number of nitrogen functional groups attached to an aromatic ring is 1. The summed E-state index contributed by atoms with van der Waals surface area (Å²) in [6.45, 7) is 5.09. The second-order valence-electron chi connectivity index (χ2n) is 8.09. The number of anilines is 1. The summed E-state index contributed by atoms with van der Waals surface area (Å²) in [4.78, 5) is 14.5. The van der Waals surface area contributed by atoms with E-state index in [-0.39, 0.29) is 5.60 Å². The van der Waals surface area contributed by atoms with Crippen molar-refractivity contribution in [3.63, 3.8) is 0 Å². The van der Waals surface area contributed by atoms with E-state index in [0.29, 0.717) is 5.82 Å². The summed E-state index contributed by atoms with van der Waals surface area (Å²) < 4.78 is 11.8. The Morgan fingerprint density at radius 1 is 1.04 bits per heavy atom. The van der Waals surface area contributed by atoms with Crippen LogP contribution in [0.4, 0.5) is 5.82 Å². The minimum absolute atomic E-state index is 0.0175. The van der Waals surface area contributed by atoms with Gasteiger partial charge in [0.2, 0.25) is 0 Å². The summed E-state index contributed by atoms with van der Waals surface area (Å²) in [5.74, 6) is 1.52. The first-order valence-corrected chi connectivity index (χ1v) is 11.0. The lowest BCUT2D eigenvalue weighted by atomic mass is 9.90. The SMILES string of the molecule is Nc1nc(CN2CCOC3(CCOCC3)CC2)nc2sc3c(c12)CCCC3. The molecule has 146 valence electrons. The Kier molecular flexibility index (Phi) is 4.80. The third-order valence-corrected chi connectivity index (χ3v) is 7.54. The molecule has 0 amide bonds. The quantitative estimate of drug-likeness (QED) is 0.853. The second-order valence-corrected chi connectivity index (χ2v) is 9.17. The highest BCUT2D eigenvalue weighted by Crippen LogP contribution is 2.38. The Balaban J connectivity index is 1.34. The molecule has 1 spiro atoms. The lowest BCUT2D eigenvalue weighted by molar-refractivity contribution is -0.105. The van der Waals surface area contributed by atoms with Crippen molar-refractivity contribution in [1.29, 1.82) is 0 Å². The van der Waals surface area contributed by atoms with Crippen molar-refractivity contribution in [2.75, 3.05) is 38.6 Å². The molecule has 7 heteroatoms. The number of rotatable bonds is 2. The van der Waals surface area contributed by atoms with E-state index in [4.69, 9.17) is 20.2 Å². The fourth-order valence-electron chi connectivity index (χ4n) is 4.74. The zero-order valence-electron chi connectivity index (χ0n) is 15.8. The number of aryl methyl sites for hydroxylation is 2. The van der Waals surface area contributed by atoms with Crippen molar-refractivity contribution < 1.29 is 9.47 Å². The molecule has 2 fully saturated rings. The van der Waals surface area contributed by atoms with Gasteiger partial charge >= 0.3 is 0 Å². The summed E-state index contributed by atoms with van der Waals surface area (Å²) in [6.07, 6.45) is 7.90. The van der Waals surface area contributed by atoms with Crippen molar-refractivity contribution in [3.8, 4) is 0 Å². The van der Waals surface area contributed by atoms with Gasteiger partial charge < -0.3 is 15.2 Å². The molecule has 4 heterocycles. The van der Waals surface area contributed by atoms with Crippen molar-refractivity contribution in [1.82, 2.24) is 14.9 Å². The number of hydrogen-bond donors (Lipinski definition) is 1. The number of nitrogens with zero attached hydrogens (tertiary/aromatic N) is 3. The van der Waals surface area contributed by atoms with Crippen LogP contribution in [0, 0.1) is 0 Å². The molecular weight excluding hydrogens is 360 g/mol. The van der Waals surface area contributed by atoms with Gasteiger partial charge in [0.1, 0.15) is 16.5 Å². The topological polar surface area (TPSA) is 73.5 Å². The largest absolute Gasteiger partial charge is 0.383 e. The van der Waals surface area contributed by atoms with Crippen LogP contribution in [-0.4, -0.2) is 53.4 Å². The van der Waals surface area contributed by atoms with E-state index >= 15 is 0 Å². The second kappa shape index (κ2) is 7.28. The van der Waals surface area contributed by atoms with Crippen LogP contribution in [0.3, 0.4) is 0 Å². The third-order valence-electron chi connectivity index (χ3n) is 6.36. The molecule has 0 atom stereocenters. The molecular formula is C20H28N4O2S. The van der Waals surface area contributed by atoms with Crippen molar-refractivity contribution in [2.45, 2.75) is 57.1 Å². The number of aromatic nitrogens is 2. The van der Waals surface area contributed by atoms with Crippen LogP contribution in [0.2, 0.25) is 0 Å². The molecule has 2 aromatic rings. The predicted molar refractivity (Wildman–Crippen MR) is 107 cm³/mol. The molecule has 5 rings (SSSR count). The number of fused-ring (bicyclic) bond motifs is 3. The number of ether oxygens (including phenoxy) is 2. The first kappa shape index (κ1) is 17.8. The molecule has 0 saturated carbocycles. The maximum atomic E-state index is 6.37. The zero-order valence-corrected chi connectivity index (χ0v) is 16.7. The number of nitrogens with two attached hydrogens (primary N) is 1. The molecule has 2 saturated heterocycles. The minimum Gasteiger partial charge on any atom is -0.383 e. The van der Waals surface area contributed by atoms with Crippen LogP contribution < -0.4 is 5.73 Å². The monoisotopic (exact) mass is 388 g/mol. The highest BCUT2D eigenvalue weighted by molar-refractivity contribution is 7.19. The maximum Gasteiger partial charge on any atom is 0.146 e. The molecule has 0 aromatic carbocycles. The lowest BCUT2D eigenvalue weighted by Crippen LogP contribution is -2.39. The number of hydrogen-bond acceptors (Lipinski definition) is 7. The van der Waals surface area contributed by atoms with Gasteiger partial charge in [0.25, 0.3) is 0 Å². The molecule has 2 aliphatic heterocycles. The highest BCUT2D eigenvalue weighted by atomic mass is 32.1. The van der Waals surface area contributed by atoms with Crippen molar-refractivity contribution >= 4 is 27.4 Å². The average Bonchev–Trinajstić information content (AvgIpc) is 2.95. The van der Waals surface area contributed by atoms with E-state index in [2.05, 4.69) is 9.88 Å². The smallest absolute Gasteiger partial charge is 0.146 e. The van der Waals surface area contributed by atoms with E-state index in [9.17, 15) is 0 Å². The van der Waals surface area contributed by atoms with E-state index in [1.54, 1.807) is 0 Å². The summed E-state index contributed by atoms with van der Waals surface area (Å²) >= 11 is 1.82. The summed E-state index contributed by atoms with van der Waals surface area (Å²) in [7, 11) is 0. The van der Waals surface area contributed by atoms with Crippen molar-refractivity contribution in [3.05, 3.63) is 16.3 Å². The molecule has 2 N–H and O–H groups in total. The molecule has 6 nitrogen and oxygen atoms in total. The fourth-order valence-corrected chi connectivity index (χ4v) is 6.02. The number of thiophene rings is 1. The van der Waals surface area contributed by atoms with Gasteiger partial charge in [-0.2, -0.15) is 0 Å². The molecule has 3 aliphatic rings. The predicted octanol–water partition coefficient (Wildman–Crippen LogP) is 2.92. The summed E-state index contributed by atoms with van der Waals surface area (Å²) in [6, 6.07) is 0. The maximum absolute atomic E-state index is 6.37. The molecule has 0 radical (unpaired) electrons. The van der Waals surface area contributed by atoms with Crippen LogP contribution in [0.25, 0.3) is 10.2 Å². The van der Waals surface area contributed by atoms with Crippen molar-refractivity contribution in [2.24, 2.45) is 0 Å². The van der Waals surface area contributed by atoms with Crippen LogP contribution in [0.5, 0.6) is 0 Å². The Labute approximate surface area is 164 Å².